The van der Waals surface area contributed by atoms with Crippen LogP contribution in [-0.2, 0) is 14.8 Å². The Hall–Kier alpha value is -2.54. The fraction of sp³-hybridized carbons (Fsp3) is 0.381. The molecule has 2 aromatic rings. The molecule has 0 unspecified atom stereocenters. The lowest BCUT2D eigenvalue weighted by molar-refractivity contribution is -0.122. The van der Waals surface area contributed by atoms with Gasteiger partial charge in [0.25, 0.3) is 0 Å². The van der Waals surface area contributed by atoms with Gasteiger partial charge in [-0.1, -0.05) is 42.3 Å². The van der Waals surface area contributed by atoms with Crippen molar-refractivity contribution in [2.45, 2.75) is 33.2 Å². The first kappa shape index (κ1) is 21.8. The van der Waals surface area contributed by atoms with Gasteiger partial charge in [-0.25, -0.2) is 8.42 Å². The molecule has 0 saturated heterocycles. The number of hydrogen-bond donors (Lipinski definition) is 1. The molecular weight excluding hydrogens is 376 g/mol. The average molecular weight is 405 g/mol. The topological polar surface area (TPSA) is 75.7 Å². The molecule has 0 fully saturated rings. The quantitative estimate of drug-likeness (QED) is 0.652. The Kier molecular flexibility index (Phi) is 7.45. The van der Waals surface area contributed by atoms with Gasteiger partial charge in [0.2, 0.25) is 15.9 Å². The fourth-order valence-corrected chi connectivity index (χ4v) is 4.06. The number of ether oxygens (including phenoxy) is 1. The highest BCUT2D eigenvalue weighted by atomic mass is 32.2. The lowest BCUT2D eigenvalue weighted by Crippen LogP contribution is -2.50. The SMILES string of the molecule is CC[C@@H](C(=O)NCCOc1ccc(C)cc1)N(c1ccc(C)cc1)S(C)(=O)=O. The Labute approximate surface area is 167 Å². The van der Waals surface area contributed by atoms with E-state index in [1.54, 1.807) is 19.1 Å². The summed E-state index contributed by atoms with van der Waals surface area (Å²) < 4.78 is 31.6. The van der Waals surface area contributed by atoms with E-state index < -0.39 is 16.1 Å². The van der Waals surface area contributed by atoms with Gasteiger partial charge < -0.3 is 10.1 Å². The molecule has 2 rings (SSSR count). The van der Waals surface area contributed by atoms with Gasteiger partial charge in [-0.15, -0.1) is 0 Å². The number of hydrogen-bond acceptors (Lipinski definition) is 4. The van der Waals surface area contributed by atoms with Crippen LogP contribution in [0.2, 0.25) is 0 Å². The lowest BCUT2D eigenvalue weighted by Gasteiger charge is -2.30. The van der Waals surface area contributed by atoms with E-state index in [1.165, 1.54) is 4.31 Å². The summed E-state index contributed by atoms with van der Waals surface area (Å²) in [5.74, 6) is 0.380. The van der Waals surface area contributed by atoms with E-state index in [0.29, 0.717) is 18.7 Å². The molecule has 2 aromatic carbocycles. The minimum atomic E-state index is -3.62. The van der Waals surface area contributed by atoms with Crippen molar-refractivity contribution in [3.63, 3.8) is 0 Å². The zero-order valence-corrected chi connectivity index (χ0v) is 17.6. The minimum Gasteiger partial charge on any atom is -0.492 e. The van der Waals surface area contributed by atoms with Crippen molar-refractivity contribution in [3.8, 4) is 5.75 Å². The van der Waals surface area contributed by atoms with Gasteiger partial charge in [0.15, 0.2) is 0 Å². The van der Waals surface area contributed by atoms with Crippen molar-refractivity contribution >= 4 is 21.6 Å². The maximum atomic E-state index is 12.7. The minimum absolute atomic E-state index is 0.286. The maximum absolute atomic E-state index is 12.7. The molecular formula is C21H28N2O4S. The normalized spacial score (nSPS) is 12.3. The van der Waals surface area contributed by atoms with Crippen LogP contribution in [0, 0.1) is 13.8 Å². The van der Waals surface area contributed by atoms with Crippen molar-refractivity contribution in [1.29, 1.82) is 0 Å². The summed E-state index contributed by atoms with van der Waals surface area (Å²) >= 11 is 0. The van der Waals surface area contributed by atoms with Crippen LogP contribution in [0.4, 0.5) is 5.69 Å². The van der Waals surface area contributed by atoms with E-state index in [4.69, 9.17) is 4.74 Å². The summed E-state index contributed by atoms with van der Waals surface area (Å²) in [4.78, 5) is 12.7. The average Bonchev–Trinajstić information content (AvgIpc) is 2.64. The van der Waals surface area contributed by atoms with Crippen LogP contribution < -0.4 is 14.4 Å². The number of carbonyl (C=O) groups excluding carboxylic acids is 1. The summed E-state index contributed by atoms with van der Waals surface area (Å²) in [6.45, 7) is 6.30. The highest BCUT2D eigenvalue weighted by Gasteiger charge is 2.31. The first-order valence-electron chi connectivity index (χ1n) is 9.25. The van der Waals surface area contributed by atoms with Gasteiger partial charge in [-0.3, -0.25) is 9.10 Å². The number of anilines is 1. The molecule has 28 heavy (non-hydrogen) atoms. The molecule has 1 atom stereocenters. The number of benzene rings is 2. The second kappa shape index (κ2) is 9.59. The fourth-order valence-electron chi connectivity index (χ4n) is 2.85. The second-order valence-corrected chi connectivity index (χ2v) is 8.63. The molecule has 0 radical (unpaired) electrons. The lowest BCUT2D eigenvalue weighted by atomic mass is 10.1. The third-order valence-corrected chi connectivity index (χ3v) is 5.49. The number of rotatable bonds is 9. The molecule has 0 bridgehead atoms. The molecule has 7 heteroatoms. The molecule has 0 spiro atoms. The zero-order valence-electron chi connectivity index (χ0n) is 16.8. The predicted octanol–water partition coefficient (Wildman–Crippen LogP) is 3.04. The molecule has 152 valence electrons. The van der Waals surface area contributed by atoms with Crippen molar-refractivity contribution in [2.75, 3.05) is 23.7 Å². The van der Waals surface area contributed by atoms with E-state index >= 15 is 0 Å². The van der Waals surface area contributed by atoms with E-state index in [1.807, 2.05) is 50.2 Å². The Bertz CT molecular complexity index is 878. The molecule has 1 amide bonds. The number of sulfonamides is 1. The van der Waals surface area contributed by atoms with Gasteiger partial charge in [-0.2, -0.15) is 0 Å². The van der Waals surface area contributed by atoms with Crippen molar-refractivity contribution < 1.29 is 17.9 Å². The van der Waals surface area contributed by atoms with Crippen LogP contribution in [0.25, 0.3) is 0 Å². The maximum Gasteiger partial charge on any atom is 0.244 e. The third-order valence-electron chi connectivity index (χ3n) is 4.31. The van der Waals surface area contributed by atoms with Crippen molar-refractivity contribution in [3.05, 3.63) is 59.7 Å². The van der Waals surface area contributed by atoms with Gasteiger partial charge in [0.05, 0.1) is 18.5 Å². The predicted molar refractivity (Wildman–Crippen MR) is 112 cm³/mol. The summed E-state index contributed by atoms with van der Waals surface area (Å²) in [6.07, 6.45) is 1.47. The molecule has 0 heterocycles. The monoisotopic (exact) mass is 404 g/mol. The summed E-state index contributed by atoms with van der Waals surface area (Å²) in [6, 6.07) is 13.9. The Morgan fingerprint density at radius 2 is 1.57 bits per heavy atom. The van der Waals surface area contributed by atoms with Crippen LogP contribution in [0.3, 0.4) is 0 Å². The molecule has 0 aliphatic heterocycles. The van der Waals surface area contributed by atoms with E-state index in [2.05, 4.69) is 5.32 Å². The first-order chi connectivity index (χ1) is 13.2. The van der Waals surface area contributed by atoms with Crippen LogP contribution in [-0.4, -0.2) is 39.8 Å². The third kappa shape index (κ3) is 5.99. The Morgan fingerprint density at radius 3 is 2.07 bits per heavy atom. The number of aryl methyl sites for hydroxylation is 2. The van der Waals surface area contributed by atoms with Gasteiger partial charge >= 0.3 is 0 Å². The summed E-state index contributed by atoms with van der Waals surface area (Å²) in [5.41, 5.74) is 2.64. The number of nitrogens with one attached hydrogen (secondary N) is 1. The molecule has 0 aliphatic rings. The van der Waals surface area contributed by atoms with E-state index in [0.717, 1.165) is 23.1 Å². The standard InChI is InChI=1S/C21H28N2O4S/c1-5-20(23(28(4,25)26)18-10-6-16(2)7-11-18)21(24)22-14-15-27-19-12-8-17(3)9-13-19/h6-13,20H,5,14-15H2,1-4H3,(H,22,24)/t20-/m0/s1. The molecule has 6 nitrogen and oxygen atoms in total. The van der Waals surface area contributed by atoms with E-state index in [9.17, 15) is 13.2 Å². The van der Waals surface area contributed by atoms with Gasteiger partial charge in [0, 0.05) is 0 Å². The zero-order chi connectivity index (χ0) is 20.7. The summed E-state index contributed by atoms with van der Waals surface area (Å²) in [5, 5.41) is 2.78. The number of nitrogens with zero attached hydrogens (tertiary/aromatic N) is 1. The highest BCUT2D eigenvalue weighted by molar-refractivity contribution is 7.92. The number of amides is 1. The number of carbonyl (C=O) groups is 1. The highest BCUT2D eigenvalue weighted by Crippen LogP contribution is 2.23. The second-order valence-electron chi connectivity index (χ2n) is 6.77. The van der Waals surface area contributed by atoms with Crippen LogP contribution in [0.1, 0.15) is 24.5 Å². The Balaban J connectivity index is 2.02. The van der Waals surface area contributed by atoms with Crippen LogP contribution >= 0.6 is 0 Å². The molecule has 0 aromatic heterocycles. The van der Waals surface area contributed by atoms with Crippen LogP contribution in [0.5, 0.6) is 5.75 Å². The Morgan fingerprint density at radius 1 is 1.04 bits per heavy atom. The smallest absolute Gasteiger partial charge is 0.244 e. The van der Waals surface area contributed by atoms with E-state index in [-0.39, 0.29) is 12.5 Å². The summed E-state index contributed by atoms with van der Waals surface area (Å²) in [7, 11) is -3.62. The molecule has 1 N–H and O–H groups in total. The van der Waals surface area contributed by atoms with Gasteiger partial charge in [-0.05, 0) is 44.5 Å². The van der Waals surface area contributed by atoms with Gasteiger partial charge in [0.1, 0.15) is 18.4 Å². The van der Waals surface area contributed by atoms with Crippen molar-refractivity contribution in [1.82, 2.24) is 5.32 Å². The largest absolute Gasteiger partial charge is 0.492 e. The van der Waals surface area contributed by atoms with Crippen molar-refractivity contribution in [2.24, 2.45) is 0 Å². The molecule has 0 aliphatic carbocycles. The van der Waals surface area contributed by atoms with Crippen LogP contribution in [0.15, 0.2) is 48.5 Å². The first-order valence-corrected chi connectivity index (χ1v) is 11.1. The molecule has 0 saturated carbocycles.